The van der Waals surface area contributed by atoms with Gasteiger partial charge < -0.3 is 0 Å². The Morgan fingerprint density at radius 1 is 1.83 bits per heavy atom. The smallest absolute Gasteiger partial charge is 0.0956 e. The summed E-state index contributed by atoms with van der Waals surface area (Å²) in [4.78, 5) is 0. The van der Waals surface area contributed by atoms with Gasteiger partial charge in [-0.05, 0) is 12.0 Å². The summed E-state index contributed by atoms with van der Waals surface area (Å²) in [5.74, 6) is 0. The Morgan fingerprint density at radius 3 is 2.33 bits per heavy atom. The fourth-order valence-electron chi connectivity index (χ4n) is 0.177. The number of hydrogen-bond acceptors (Lipinski definition) is 0. The molecule has 0 rings (SSSR count). The summed E-state index contributed by atoms with van der Waals surface area (Å²) in [5, 5.41) is 0. The van der Waals surface area contributed by atoms with Gasteiger partial charge in [0.05, 0.1) is 6.92 Å². The molecular weight excluding hydrogens is 72.1 g/mol. The fourth-order valence-corrected chi connectivity index (χ4v) is 0.177. The maximum Gasteiger partial charge on any atom is 0.106 e. The molecule has 0 spiro atoms. The van der Waals surface area contributed by atoms with E-state index in [1.54, 1.807) is 0 Å². The lowest BCUT2D eigenvalue weighted by Crippen LogP contribution is -1.69. The van der Waals surface area contributed by atoms with Crippen molar-refractivity contribution in [3.8, 4) is 0 Å². The second-order valence-electron chi connectivity index (χ2n) is 1.35. The highest BCUT2D eigenvalue weighted by Gasteiger charge is 1.84. The maximum atomic E-state index is 3.73. The van der Waals surface area contributed by atoms with Gasteiger partial charge in [-0.25, -0.2) is 0 Å². The van der Waals surface area contributed by atoms with Gasteiger partial charge in [-0.3, -0.25) is 0 Å². The average Bonchev–Trinajstić information content (AvgIpc) is 1.65. The van der Waals surface area contributed by atoms with Crippen LogP contribution in [0.5, 0.6) is 0 Å². The van der Waals surface area contributed by atoms with Gasteiger partial charge in [0.2, 0.25) is 0 Å². The van der Waals surface area contributed by atoms with Crippen LogP contribution in [0.2, 0.25) is 0 Å². The van der Waals surface area contributed by atoms with E-state index >= 15 is 0 Å². The summed E-state index contributed by atoms with van der Waals surface area (Å²) in [6.07, 6.45) is 1.96. The standard InChI is InChI=1S/C6H11/c1-4-6(3)5-2/h1,3-5H2,2H3/q+1. The van der Waals surface area contributed by atoms with Gasteiger partial charge >= 0.3 is 0 Å². The first-order chi connectivity index (χ1) is 2.81. The van der Waals surface area contributed by atoms with Crippen molar-refractivity contribution >= 4 is 0 Å². The molecule has 34 valence electrons. The molecule has 0 aliphatic heterocycles. The molecule has 0 unspecified atom stereocenters. The predicted molar refractivity (Wildman–Crippen MR) is 29.4 cm³/mol. The van der Waals surface area contributed by atoms with Crippen LogP contribution in [-0.4, -0.2) is 0 Å². The third kappa shape index (κ3) is 1.89. The molecule has 0 saturated heterocycles. The van der Waals surface area contributed by atoms with Crippen LogP contribution in [0.3, 0.4) is 0 Å². The van der Waals surface area contributed by atoms with Crippen molar-refractivity contribution < 1.29 is 0 Å². The van der Waals surface area contributed by atoms with Crippen molar-refractivity contribution in [1.29, 1.82) is 0 Å². The van der Waals surface area contributed by atoms with Crippen LogP contribution >= 0.6 is 0 Å². The van der Waals surface area contributed by atoms with Crippen molar-refractivity contribution in [2.75, 3.05) is 0 Å². The summed E-state index contributed by atoms with van der Waals surface area (Å²) in [5.41, 5.74) is 1.23. The molecule has 0 aliphatic rings. The SMILES string of the molecule is C=C(C[CH2+])CC. The third-order valence-corrected chi connectivity index (χ3v) is 0.854. The first kappa shape index (κ1) is 5.61. The monoisotopic (exact) mass is 83.1 g/mol. The topological polar surface area (TPSA) is 0 Å². The molecule has 0 bridgehead atoms. The van der Waals surface area contributed by atoms with Gasteiger partial charge in [-0.1, -0.05) is 13.5 Å². The molecule has 0 aromatic carbocycles. The van der Waals surface area contributed by atoms with Crippen LogP contribution in [0.4, 0.5) is 0 Å². The predicted octanol–water partition coefficient (Wildman–Crippen LogP) is 2.18. The van der Waals surface area contributed by atoms with Gasteiger partial charge in [0, 0.05) is 0 Å². The van der Waals surface area contributed by atoms with Crippen molar-refractivity contribution in [3.63, 3.8) is 0 Å². The summed E-state index contributed by atoms with van der Waals surface area (Å²) < 4.78 is 0. The summed E-state index contributed by atoms with van der Waals surface area (Å²) in [6.45, 7) is 9.48. The number of rotatable bonds is 2. The minimum absolute atomic E-state index is 0.885. The molecule has 0 amide bonds. The Balaban J connectivity index is 2.99. The van der Waals surface area contributed by atoms with Crippen molar-refractivity contribution in [3.05, 3.63) is 19.1 Å². The van der Waals surface area contributed by atoms with E-state index in [2.05, 4.69) is 20.4 Å². The lowest BCUT2D eigenvalue weighted by Gasteiger charge is -1.83. The molecule has 0 radical (unpaired) electrons. The van der Waals surface area contributed by atoms with Crippen LogP contribution in [0.25, 0.3) is 0 Å². The maximum absolute atomic E-state index is 3.73. The van der Waals surface area contributed by atoms with Crippen molar-refractivity contribution in [1.82, 2.24) is 0 Å². The molecule has 6 heavy (non-hydrogen) atoms. The van der Waals surface area contributed by atoms with Crippen LogP contribution in [0.1, 0.15) is 19.8 Å². The molecule has 0 aromatic rings. The molecular formula is C6H11+. The van der Waals surface area contributed by atoms with E-state index in [0.29, 0.717) is 0 Å². The van der Waals surface area contributed by atoms with Crippen LogP contribution in [-0.2, 0) is 0 Å². The zero-order chi connectivity index (χ0) is 4.99. The van der Waals surface area contributed by atoms with E-state index in [0.717, 1.165) is 12.8 Å². The minimum atomic E-state index is 0.885. The molecule has 0 saturated carbocycles. The van der Waals surface area contributed by atoms with E-state index in [9.17, 15) is 0 Å². The molecule has 0 aliphatic carbocycles. The highest BCUT2D eigenvalue weighted by atomic mass is 13.8. The Bertz CT molecular complexity index is 38.0. The largest absolute Gasteiger partial charge is 0.106 e. The Hall–Kier alpha value is -0.390. The average molecular weight is 83.2 g/mol. The quantitative estimate of drug-likeness (QED) is 0.354. The second kappa shape index (κ2) is 2.83. The number of hydrogen-bond donors (Lipinski definition) is 0. The van der Waals surface area contributed by atoms with Gasteiger partial charge in [-0.2, -0.15) is 0 Å². The fraction of sp³-hybridized carbons (Fsp3) is 0.500. The first-order valence-corrected chi connectivity index (χ1v) is 2.27. The van der Waals surface area contributed by atoms with Crippen LogP contribution < -0.4 is 0 Å². The minimum Gasteiger partial charge on any atom is -0.0956 e. The van der Waals surface area contributed by atoms with Gasteiger partial charge in [0.25, 0.3) is 0 Å². The molecule has 0 N–H and O–H groups in total. The molecule has 0 atom stereocenters. The Kier molecular flexibility index (Phi) is 2.64. The number of allylic oxidation sites excluding steroid dienone is 1. The molecule has 0 heterocycles. The Morgan fingerprint density at radius 2 is 2.33 bits per heavy atom. The second-order valence-corrected chi connectivity index (χ2v) is 1.35. The molecule has 0 aromatic heterocycles. The van der Waals surface area contributed by atoms with Crippen molar-refractivity contribution in [2.45, 2.75) is 19.8 Å². The normalized spacial score (nSPS) is 8.17. The van der Waals surface area contributed by atoms with E-state index in [1.807, 2.05) is 0 Å². The molecule has 0 fully saturated rings. The van der Waals surface area contributed by atoms with Crippen LogP contribution in [0.15, 0.2) is 12.2 Å². The summed E-state index contributed by atoms with van der Waals surface area (Å²) in [6, 6.07) is 0. The highest BCUT2D eigenvalue weighted by molar-refractivity contribution is 4.92. The van der Waals surface area contributed by atoms with Gasteiger partial charge in [-0.15, -0.1) is 0 Å². The lowest BCUT2D eigenvalue weighted by atomic mass is 10.2. The summed E-state index contributed by atoms with van der Waals surface area (Å²) >= 11 is 0. The van der Waals surface area contributed by atoms with E-state index in [1.165, 1.54) is 5.57 Å². The molecule has 0 heteroatoms. The zero-order valence-corrected chi connectivity index (χ0v) is 4.33. The van der Waals surface area contributed by atoms with E-state index in [-0.39, 0.29) is 0 Å². The third-order valence-electron chi connectivity index (χ3n) is 0.854. The zero-order valence-electron chi connectivity index (χ0n) is 4.33. The highest BCUT2D eigenvalue weighted by Crippen LogP contribution is 1.98. The van der Waals surface area contributed by atoms with Gasteiger partial charge in [0.15, 0.2) is 0 Å². The first-order valence-electron chi connectivity index (χ1n) is 2.27. The van der Waals surface area contributed by atoms with Gasteiger partial charge in [0.1, 0.15) is 6.42 Å². The van der Waals surface area contributed by atoms with E-state index in [4.69, 9.17) is 0 Å². The van der Waals surface area contributed by atoms with E-state index < -0.39 is 0 Å². The summed E-state index contributed by atoms with van der Waals surface area (Å²) in [7, 11) is 0. The van der Waals surface area contributed by atoms with Crippen LogP contribution in [0, 0.1) is 6.92 Å². The Labute approximate surface area is 39.9 Å². The lowest BCUT2D eigenvalue weighted by molar-refractivity contribution is 1.04. The van der Waals surface area contributed by atoms with Crippen molar-refractivity contribution in [2.24, 2.45) is 0 Å². The molecule has 0 nitrogen and oxygen atoms in total.